The third kappa shape index (κ3) is 8.72. The number of fused-ring (bicyclic) bond motifs is 1. The fraction of sp³-hybridized carbons (Fsp3) is 0.455. The van der Waals surface area contributed by atoms with Crippen molar-refractivity contribution in [3.8, 4) is 39.8 Å². The number of ether oxygens (including phenoxy) is 2. The Morgan fingerprint density at radius 3 is 1.97 bits per heavy atom. The molecule has 17 nitrogen and oxygen atoms in total. The van der Waals surface area contributed by atoms with Crippen molar-refractivity contribution in [2.45, 2.75) is 84.5 Å². The van der Waals surface area contributed by atoms with Gasteiger partial charge in [0.05, 0.1) is 60.5 Å². The van der Waals surface area contributed by atoms with E-state index in [-0.39, 0.29) is 35.7 Å². The molecule has 4 amide bonds. The number of hydrogen-bond donors (Lipinski definition) is 4. The van der Waals surface area contributed by atoms with Crippen LogP contribution in [0.2, 0.25) is 0 Å². The minimum Gasteiger partial charge on any atom is -0.477 e. The van der Waals surface area contributed by atoms with Crippen LogP contribution in [-0.4, -0.2) is 120 Å². The van der Waals surface area contributed by atoms with E-state index < -0.39 is 24.3 Å². The fourth-order valence-electron chi connectivity index (χ4n) is 8.44. The minimum absolute atomic E-state index is 0.134. The zero-order valence-corrected chi connectivity index (χ0v) is 35.6. The highest BCUT2D eigenvalue weighted by atomic mass is 16.5. The first-order valence-electron chi connectivity index (χ1n) is 20.9. The number of aromatic amines is 2. The van der Waals surface area contributed by atoms with Gasteiger partial charge in [-0.1, -0.05) is 58.0 Å². The number of aromatic nitrogens is 6. The highest BCUT2D eigenvalue weighted by Crippen LogP contribution is 2.36. The van der Waals surface area contributed by atoms with Crippen molar-refractivity contribution in [3.05, 3.63) is 66.5 Å². The number of H-pyrrole nitrogens is 2. The number of nitrogens with zero attached hydrogens (tertiary/aromatic N) is 7. The van der Waals surface area contributed by atoms with Crippen LogP contribution in [0, 0.1) is 11.8 Å². The van der Waals surface area contributed by atoms with Crippen LogP contribution in [0.5, 0.6) is 5.88 Å². The number of likely N-dealkylation sites (N-methyl/N-ethyl adjacent to an activating group) is 1. The summed E-state index contributed by atoms with van der Waals surface area (Å²) in [4.78, 5) is 81.7. The van der Waals surface area contributed by atoms with Crippen molar-refractivity contribution in [3.63, 3.8) is 0 Å². The van der Waals surface area contributed by atoms with Gasteiger partial charge in [0.25, 0.3) is 0 Å². The van der Waals surface area contributed by atoms with Gasteiger partial charge in [-0.2, -0.15) is 4.98 Å². The summed E-state index contributed by atoms with van der Waals surface area (Å²) in [5.41, 5.74) is 4.80. The quantitative estimate of drug-likeness (QED) is 0.0967. The summed E-state index contributed by atoms with van der Waals surface area (Å²) < 4.78 is 10.8. The molecule has 4 N–H and O–H groups in total. The highest BCUT2D eigenvalue weighted by Gasteiger charge is 2.40. The lowest BCUT2D eigenvalue weighted by Crippen LogP contribution is -2.51. The van der Waals surface area contributed by atoms with Gasteiger partial charge in [-0.3, -0.25) is 14.5 Å². The first-order valence-corrected chi connectivity index (χ1v) is 20.9. The third-order valence-electron chi connectivity index (χ3n) is 11.6. The molecule has 0 spiro atoms. The molecule has 0 radical (unpaired) electrons. The second-order valence-corrected chi connectivity index (χ2v) is 16.3. The number of alkyl carbamates (subject to hydrolysis) is 1. The van der Waals surface area contributed by atoms with Crippen LogP contribution in [0.15, 0.2) is 54.9 Å². The molecule has 2 aliphatic heterocycles. The topological polar surface area (TPSA) is 212 Å². The fourth-order valence-corrected chi connectivity index (χ4v) is 8.44. The van der Waals surface area contributed by atoms with Crippen LogP contribution in [0.1, 0.15) is 84.0 Å². The van der Waals surface area contributed by atoms with Crippen molar-refractivity contribution < 1.29 is 33.8 Å². The minimum atomic E-state index is -1.14. The van der Waals surface area contributed by atoms with Crippen molar-refractivity contribution >= 4 is 34.9 Å². The Bertz CT molecular complexity index is 2390. The number of methoxy groups -OCH3 is 1. The van der Waals surface area contributed by atoms with E-state index in [9.17, 15) is 24.3 Å². The predicted molar refractivity (Wildman–Crippen MR) is 227 cm³/mol. The van der Waals surface area contributed by atoms with Crippen molar-refractivity contribution in [1.29, 1.82) is 0 Å². The number of imidazole rings is 2. The molecule has 322 valence electrons. The molecule has 7 rings (SSSR count). The van der Waals surface area contributed by atoms with Crippen LogP contribution in [-0.2, 0) is 14.3 Å². The third-order valence-corrected chi connectivity index (χ3v) is 11.6. The van der Waals surface area contributed by atoms with Crippen LogP contribution in [0.4, 0.5) is 9.59 Å². The molecule has 0 saturated carbocycles. The van der Waals surface area contributed by atoms with Crippen molar-refractivity contribution in [2.24, 2.45) is 11.8 Å². The number of hydrogen-bond acceptors (Lipinski definition) is 10. The van der Waals surface area contributed by atoms with E-state index >= 15 is 0 Å². The summed E-state index contributed by atoms with van der Waals surface area (Å²) in [7, 11) is 2.72. The molecular formula is C44H54N10O7. The first kappa shape index (κ1) is 42.6. The summed E-state index contributed by atoms with van der Waals surface area (Å²) in [6, 6.07) is 11.6. The molecule has 5 aromatic rings. The van der Waals surface area contributed by atoms with E-state index in [4.69, 9.17) is 24.4 Å². The van der Waals surface area contributed by atoms with E-state index in [1.165, 1.54) is 14.2 Å². The first-order chi connectivity index (χ1) is 29.3. The molecule has 2 aliphatic rings. The number of carbonyl (C=O) groups is 4. The summed E-state index contributed by atoms with van der Waals surface area (Å²) >= 11 is 0. The molecule has 2 aromatic carbocycles. The molecular weight excluding hydrogens is 781 g/mol. The maximum atomic E-state index is 13.7. The summed E-state index contributed by atoms with van der Waals surface area (Å²) in [6.07, 6.45) is 4.81. The van der Waals surface area contributed by atoms with Gasteiger partial charge in [-0.05, 0) is 62.1 Å². The Kier molecular flexibility index (Phi) is 12.6. The van der Waals surface area contributed by atoms with Gasteiger partial charge in [-0.25, -0.2) is 24.5 Å². The van der Waals surface area contributed by atoms with E-state index in [1.807, 2.05) is 77.1 Å². The lowest BCUT2D eigenvalue weighted by Gasteiger charge is -2.33. The van der Waals surface area contributed by atoms with Crippen LogP contribution in [0.3, 0.4) is 0 Å². The van der Waals surface area contributed by atoms with Gasteiger partial charge in [0.1, 0.15) is 23.7 Å². The number of carboxylic acid groups (broad SMARTS) is 1. The number of amides is 4. The number of rotatable bonds is 13. The maximum absolute atomic E-state index is 13.7. The summed E-state index contributed by atoms with van der Waals surface area (Å²) in [6.45, 7) is 10.9. The molecule has 0 aliphatic carbocycles. The van der Waals surface area contributed by atoms with E-state index in [1.54, 1.807) is 22.2 Å². The molecule has 4 atom stereocenters. The predicted octanol–water partition coefficient (Wildman–Crippen LogP) is 6.82. The normalized spacial score (nSPS) is 17.5. The molecule has 17 heteroatoms. The van der Waals surface area contributed by atoms with Crippen LogP contribution < -0.4 is 10.1 Å². The lowest BCUT2D eigenvalue weighted by molar-refractivity contribution is -0.138. The molecule has 61 heavy (non-hydrogen) atoms. The standard InChI is InChI=1S/C44H54N10O7/c1-8-61-40-29-21-28(32-23-46-38(49-32)33-11-9-19-53(33)41(55)35(24(2)3)50-43(57)60-7)17-18-30(29)47-37(51-40)27-15-13-26(14-16-27)31-22-45-39(48-31)34-12-10-20-54(34)42(56)36(25(4)5)52(6)44(58)59/h13-18,21-25,33-36H,8-12,19-20H2,1-7H3,(H,45,48)(H,46,49)(H,50,57)(H,58,59)/t33-,34-,35-,36-/m0/s1. The molecule has 5 heterocycles. The smallest absolute Gasteiger partial charge is 0.407 e. The lowest BCUT2D eigenvalue weighted by atomic mass is 10.0. The van der Waals surface area contributed by atoms with E-state index in [2.05, 4.69) is 20.3 Å². The van der Waals surface area contributed by atoms with Crippen molar-refractivity contribution in [2.75, 3.05) is 33.9 Å². The zero-order valence-electron chi connectivity index (χ0n) is 35.6. The molecule has 2 fully saturated rings. The monoisotopic (exact) mass is 834 g/mol. The van der Waals surface area contributed by atoms with Gasteiger partial charge >= 0.3 is 12.2 Å². The second kappa shape index (κ2) is 18.0. The second-order valence-electron chi connectivity index (χ2n) is 16.3. The average molecular weight is 835 g/mol. The van der Waals surface area contributed by atoms with Gasteiger partial charge in [0.15, 0.2) is 5.82 Å². The Balaban J connectivity index is 1.08. The van der Waals surface area contributed by atoms with Gasteiger partial charge in [0.2, 0.25) is 17.7 Å². The number of nitrogens with one attached hydrogen (secondary N) is 3. The van der Waals surface area contributed by atoms with Crippen LogP contribution in [0.25, 0.3) is 44.8 Å². The number of likely N-dealkylation sites (tertiary alicyclic amines) is 2. The Hall–Kier alpha value is -6.52. The Morgan fingerprint density at radius 1 is 0.836 bits per heavy atom. The average Bonchev–Trinajstić information content (AvgIpc) is 4.09. The molecule has 2 saturated heterocycles. The SMILES string of the molecule is CCOc1nc(-c2ccc(-c3cnc([C@@H]4CCCN4C(=O)[C@H](C(C)C)N(C)C(=O)O)[nH]3)cc2)nc2ccc(-c3cnc([C@@H]4CCCN4C(=O)[C@@H](NC(=O)OC)C(C)C)[nH]3)cc12. The van der Waals surface area contributed by atoms with Gasteiger partial charge in [-0.15, -0.1) is 0 Å². The molecule has 0 unspecified atom stereocenters. The van der Waals surface area contributed by atoms with Crippen molar-refractivity contribution in [1.82, 2.24) is 49.9 Å². The number of carbonyl (C=O) groups excluding carboxylic acids is 3. The molecule has 0 bridgehead atoms. The summed E-state index contributed by atoms with van der Waals surface area (Å²) in [5, 5.41) is 13.1. The van der Waals surface area contributed by atoms with E-state index in [0.29, 0.717) is 48.6 Å². The zero-order chi connectivity index (χ0) is 43.5. The largest absolute Gasteiger partial charge is 0.477 e. The maximum Gasteiger partial charge on any atom is 0.407 e. The van der Waals surface area contributed by atoms with Gasteiger partial charge in [0, 0.05) is 31.3 Å². The van der Waals surface area contributed by atoms with E-state index in [0.717, 1.165) is 64.0 Å². The van der Waals surface area contributed by atoms with Gasteiger partial charge < -0.3 is 39.7 Å². The molecule has 3 aromatic heterocycles. The Labute approximate surface area is 354 Å². The van der Waals surface area contributed by atoms with Crippen LogP contribution >= 0.6 is 0 Å². The summed E-state index contributed by atoms with van der Waals surface area (Å²) in [5.74, 6) is 1.57. The highest BCUT2D eigenvalue weighted by molar-refractivity contribution is 5.90. The number of benzene rings is 2. The Morgan fingerprint density at radius 2 is 1.41 bits per heavy atom.